The van der Waals surface area contributed by atoms with E-state index in [9.17, 15) is 35.4 Å². The van der Waals surface area contributed by atoms with Gasteiger partial charge in [-0.15, -0.1) is 0 Å². The highest BCUT2D eigenvalue weighted by molar-refractivity contribution is 5.86. The highest BCUT2D eigenvalue weighted by Gasteiger charge is 2.46. The minimum atomic E-state index is -1.37. The third kappa shape index (κ3) is 10.6. The molecule has 416 valence electrons. The van der Waals surface area contributed by atoms with Gasteiger partial charge < -0.3 is 71.2 Å². The predicted octanol–water partition coefficient (Wildman–Crippen LogP) is 2.83. The second kappa shape index (κ2) is 23.1. The Hall–Kier alpha value is -7.87. The normalized spacial score (nSPS) is 24.9. The molecule has 4 saturated heterocycles. The first-order valence-corrected chi connectivity index (χ1v) is 27.1. The van der Waals surface area contributed by atoms with E-state index >= 15 is 0 Å². The molecule has 4 aliphatic heterocycles. The number of nitrogens with one attached hydrogen (secondary N) is 4. The Morgan fingerprint density at radius 2 is 0.887 bits per heavy atom. The van der Waals surface area contributed by atoms with Crippen molar-refractivity contribution in [1.82, 2.24) is 49.7 Å². The van der Waals surface area contributed by atoms with Crippen molar-refractivity contribution in [3.63, 3.8) is 0 Å². The van der Waals surface area contributed by atoms with Crippen LogP contribution >= 0.6 is 0 Å². The summed E-state index contributed by atoms with van der Waals surface area (Å²) in [5.74, 6) is 1.52. The maximum absolute atomic E-state index is 13.9. The van der Waals surface area contributed by atoms with Gasteiger partial charge in [-0.05, 0) is 35.1 Å². The number of carbonyl (C=O) groups excluding carboxylic acids is 1. The number of carbonyl (C=O) groups is 1. The number of anilines is 4. The van der Waals surface area contributed by atoms with Gasteiger partial charge in [0.05, 0.1) is 25.9 Å². The van der Waals surface area contributed by atoms with Gasteiger partial charge in [0.15, 0.2) is 46.4 Å². The van der Waals surface area contributed by atoms with Crippen LogP contribution in [-0.4, -0.2) is 177 Å². The van der Waals surface area contributed by atoms with Crippen LogP contribution in [-0.2, 0) is 9.47 Å². The lowest BCUT2D eigenvalue weighted by Gasteiger charge is -2.22. The van der Waals surface area contributed by atoms with Gasteiger partial charge in [-0.3, -0.25) is 9.13 Å². The molecule has 4 aliphatic rings. The lowest BCUT2D eigenvalue weighted by atomic mass is 9.91. The van der Waals surface area contributed by atoms with Crippen LogP contribution in [0.1, 0.15) is 59.4 Å². The van der Waals surface area contributed by atoms with E-state index in [0.29, 0.717) is 98.0 Å². The summed E-state index contributed by atoms with van der Waals surface area (Å²) in [5, 5.41) is 76.9. The summed E-state index contributed by atoms with van der Waals surface area (Å²) in [6, 6.07) is 39.8. The average Bonchev–Trinajstić information content (AvgIpc) is 4.39. The number of ether oxygens (including phenoxy) is 2. The van der Waals surface area contributed by atoms with Crippen molar-refractivity contribution in [2.75, 3.05) is 72.9 Å². The summed E-state index contributed by atoms with van der Waals surface area (Å²) in [6.07, 6.45) is -5.42. The zero-order valence-corrected chi connectivity index (χ0v) is 43.6. The first-order chi connectivity index (χ1) is 39.1. The molecule has 10 N–H and O–H groups in total. The molecule has 4 aromatic heterocycles. The van der Waals surface area contributed by atoms with Gasteiger partial charge in [-0.2, -0.15) is 19.9 Å². The Morgan fingerprint density at radius 1 is 0.525 bits per heavy atom. The highest BCUT2D eigenvalue weighted by Crippen LogP contribution is 2.37. The fourth-order valence-corrected chi connectivity index (χ4v) is 11.5. The van der Waals surface area contributed by atoms with Gasteiger partial charge in [0.1, 0.15) is 36.6 Å². The fraction of sp³-hybridized carbons (Fsp3) is 0.386. The van der Waals surface area contributed by atoms with E-state index in [0.717, 1.165) is 22.3 Å². The van der Waals surface area contributed by atoms with E-state index in [2.05, 4.69) is 79.8 Å². The molecule has 8 heterocycles. The summed E-state index contributed by atoms with van der Waals surface area (Å²) in [6.45, 7) is 1.72. The minimum Gasteiger partial charge on any atom is -0.394 e. The largest absolute Gasteiger partial charge is 0.394 e. The molecule has 2 amide bonds. The Balaban J connectivity index is 0.758. The first kappa shape index (κ1) is 52.8. The van der Waals surface area contributed by atoms with Crippen molar-refractivity contribution < 1.29 is 44.9 Å². The molecule has 0 radical (unpaired) electrons. The number of aliphatic hydroxyl groups is 6. The van der Waals surface area contributed by atoms with Gasteiger partial charge in [-0.25, -0.2) is 14.8 Å². The lowest BCUT2D eigenvalue weighted by Crippen LogP contribution is -2.48. The van der Waals surface area contributed by atoms with Gasteiger partial charge in [0.25, 0.3) is 0 Å². The number of rotatable bonds is 18. The van der Waals surface area contributed by atoms with Crippen LogP contribution in [0.4, 0.5) is 28.3 Å². The molecule has 4 fully saturated rings. The molecule has 0 bridgehead atoms. The van der Waals surface area contributed by atoms with Crippen molar-refractivity contribution in [2.45, 2.75) is 85.8 Å². The molecule has 80 heavy (non-hydrogen) atoms. The molecular weight excluding hydrogens is 1020 g/mol. The van der Waals surface area contributed by atoms with Crippen LogP contribution in [0, 0.1) is 0 Å². The van der Waals surface area contributed by atoms with E-state index < -0.39 is 62.3 Å². The lowest BCUT2D eigenvalue weighted by molar-refractivity contribution is -0.0511. The van der Waals surface area contributed by atoms with Gasteiger partial charge in [0, 0.05) is 63.2 Å². The van der Waals surface area contributed by atoms with Crippen molar-refractivity contribution in [1.29, 1.82) is 0 Å². The van der Waals surface area contributed by atoms with Crippen molar-refractivity contribution >= 4 is 51.9 Å². The molecule has 23 nitrogen and oxygen atoms in total. The number of aliphatic hydroxyl groups excluding tert-OH is 6. The number of hydrogen-bond donors (Lipinski definition) is 10. The van der Waals surface area contributed by atoms with E-state index in [1.165, 1.54) is 12.7 Å². The summed E-state index contributed by atoms with van der Waals surface area (Å²) < 4.78 is 15.0. The summed E-state index contributed by atoms with van der Waals surface area (Å²) in [5.41, 5.74) is 5.97. The number of imidazole rings is 2. The van der Waals surface area contributed by atoms with Crippen molar-refractivity contribution in [3.05, 3.63) is 156 Å². The fourth-order valence-electron chi connectivity index (χ4n) is 11.5. The Labute approximate surface area is 459 Å². The third-order valence-electron chi connectivity index (χ3n) is 15.8. The summed E-state index contributed by atoms with van der Waals surface area (Å²) in [4.78, 5) is 47.2. The van der Waals surface area contributed by atoms with Crippen LogP contribution in [0.2, 0.25) is 0 Å². The van der Waals surface area contributed by atoms with Crippen molar-refractivity contribution in [3.8, 4) is 0 Å². The molecule has 10 atom stereocenters. The van der Waals surface area contributed by atoms with Gasteiger partial charge in [0.2, 0.25) is 11.9 Å². The average molecular weight is 1090 g/mol. The van der Waals surface area contributed by atoms with E-state index in [1.54, 1.807) is 9.13 Å². The molecule has 0 spiro atoms. The van der Waals surface area contributed by atoms with E-state index in [1.807, 2.05) is 82.6 Å². The molecule has 0 saturated carbocycles. The smallest absolute Gasteiger partial charge is 0.315 e. The topological polar surface area (TPSA) is 299 Å². The Morgan fingerprint density at radius 3 is 1.23 bits per heavy atom. The van der Waals surface area contributed by atoms with Gasteiger partial charge >= 0.3 is 6.03 Å². The number of aromatic nitrogens is 8. The summed E-state index contributed by atoms with van der Waals surface area (Å²) >= 11 is 0. The number of benzene rings is 4. The molecular formula is C57H64N14O9. The number of urea groups is 1. The SMILES string of the molecule is O=C(N[C@@H]1CCN(c2nc(NCC(c3ccccc3)c3ccccc3)c3ncn([C@@H]4O[C@H](CO)[C@@H](O)[C@H]4O)c3n2)C1)N[C@@H]1CCN(c2nc(NCC(c3ccccc3)c3ccccc3)c3ncn([C@@H]4O[C@H](CO)[C@@H](O)[C@H]4O)c3n2)C1. The summed E-state index contributed by atoms with van der Waals surface area (Å²) in [7, 11) is 0. The molecule has 8 aromatic rings. The maximum Gasteiger partial charge on any atom is 0.315 e. The number of amides is 2. The Bertz CT molecular complexity index is 3080. The number of nitrogens with zero attached hydrogens (tertiary/aromatic N) is 10. The quantitative estimate of drug-likeness (QED) is 0.0591. The molecule has 4 aromatic carbocycles. The van der Waals surface area contributed by atoms with Crippen LogP contribution in [0.25, 0.3) is 22.3 Å². The first-order valence-electron chi connectivity index (χ1n) is 27.1. The van der Waals surface area contributed by atoms with Crippen LogP contribution in [0.5, 0.6) is 0 Å². The zero-order chi connectivity index (χ0) is 54.9. The number of hydrogen-bond acceptors (Lipinski definition) is 19. The second-order valence-corrected chi connectivity index (χ2v) is 20.8. The van der Waals surface area contributed by atoms with Gasteiger partial charge in [-0.1, -0.05) is 121 Å². The maximum atomic E-state index is 13.9. The minimum absolute atomic E-state index is 0.0538. The van der Waals surface area contributed by atoms with E-state index in [4.69, 9.17) is 29.4 Å². The zero-order valence-electron chi connectivity index (χ0n) is 43.6. The predicted molar refractivity (Wildman–Crippen MR) is 296 cm³/mol. The molecule has 0 aliphatic carbocycles. The molecule has 23 heteroatoms. The van der Waals surface area contributed by atoms with Crippen LogP contribution < -0.4 is 31.1 Å². The van der Waals surface area contributed by atoms with Crippen LogP contribution in [0.15, 0.2) is 134 Å². The molecule has 12 rings (SSSR count). The third-order valence-corrected chi connectivity index (χ3v) is 15.8. The highest BCUT2D eigenvalue weighted by atomic mass is 16.6. The number of fused-ring (bicyclic) bond motifs is 2. The molecule has 0 unspecified atom stereocenters. The van der Waals surface area contributed by atoms with E-state index in [-0.39, 0.29) is 30.0 Å². The standard InChI is InChI=1S/C57H64N14O9/c72-29-41-45(74)47(76)53(79-41)70-31-60-43-49(58-25-39(33-13-5-1-6-14-33)34-15-7-2-8-16-34)64-55(66-51(43)70)68-23-21-37(27-68)62-57(78)63-38-22-24-69(28-38)56-65-50(59-26-40(35-17-9-3-10-18-35)36-19-11-4-12-20-36)44-52(67-56)71(32-61-44)54-48(77)46(75)42(30-73)80-54/h1-20,31-32,37-42,45-48,53-54,72-77H,21-30H2,(H,58,64,66)(H,59,65,67)(H2,62,63,78)/t37-,38-,41-,42-,45-,46-,47-,48-,53-,54-/m1/s1. The van der Waals surface area contributed by atoms with Crippen molar-refractivity contribution in [2.24, 2.45) is 0 Å². The Kier molecular flexibility index (Phi) is 15.2. The van der Waals surface area contributed by atoms with Crippen LogP contribution in [0.3, 0.4) is 0 Å². The monoisotopic (exact) mass is 1090 g/mol. The second-order valence-electron chi connectivity index (χ2n) is 20.8.